The summed E-state index contributed by atoms with van der Waals surface area (Å²) in [6, 6.07) is 7.99. The zero-order valence-corrected chi connectivity index (χ0v) is 10.6. The van der Waals surface area contributed by atoms with Crippen LogP contribution in [-0.4, -0.2) is 27.6 Å². The van der Waals surface area contributed by atoms with E-state index in [1.807, 2.05) is 24.3 Å². The Hall–Kier alpha value is -2.63. The van der Waals surface area contributed by atoms with Crippen molar-refractivity contribution in [3.8, 4) is 0 Å². The number of fused-ring (bicyclic) bond motifs is 1. The lowest BCUT2D eigenvalue weighted by atomic mass is 9.92. The van der Waals surface area contributed by atoms with Crippen molar-refractivity contribution in [2.24, 2.45) is 0 Å². The van der Waals surface area contributed by atoms with E-state index in [0.717, 1.165) is 17.5 Å². The summed E-state index contributed by atoms with van der Waals surface area (Å²) < 4.78 is 0. The summed E-state index contributed by atoms with van der Waals surface area (Å²) in [6.07, 6.45) is 2.02. The third kappa shape index (κ3) is 2.05. The average molecular weight is 271 g/mol. The fraction of sp³-hybridized carbons (Fsp3) is 0.214. The molecule has 0 fully saturated rings. The molecule has 2 N–H and O–H groups in total. The van der Waals surface area contributed by atoms with Crippen LogP contribution in [0.5, 0.6) is 0 Å². The first kappa shape index (κ1) is 12.4. The Morgan fingerprint density at radius 2 is 2.20 bits per heavy atom. The molecule has 3 rings (SSSR count). The van der Waals surface area contributed by atoms with Crippen molar-refractivity contribution in [3.63, 3.8) is 0 Å². The lowest BCUT2D eigenvalue weighted by Gasteiger charge is -2.35. The van der Waals surface area contributed by atoms with Gasteiger partial charge < -0.3 is 15.0 Å². The van der Waals surface area contributed by atoms with Gasteiger partial charge in [0, 0.05) is 12.6 Å². The van der Waals surface area contributed by atoms with Gasteiger partial charge in [0.25, 0.3) is 5.56 Å². The number of nitrogens with zero attached hydrogens (tertiary/aromatic N) is 2. The summed E-state index contributed by atoms with van der Waals surface area (Å²) in [4.78, 5) is 31.2. The number of carboxylic acid groups (broad SMARTS) is 1. The number of aromatic nitrogens is 2. The van der Waals surface area contributed by atoms with Crippen molar-refractivity contribution in [2.45, 2.75) is 12.5 Å². The summed E-state index contributed by atoms with van der Waals surface area (Å²) >= 11 is 0. The lowest BCUT2D eigenvalue weighted by Crippen LogP contribution is -2.40. The Morgan fingerprint density at radius 1 is 1.40 bits per heavy atom. The molecule has 1 aliphatic heterocycles. The van der Waals surface area contributed by atoms with E-state index in [-0.39, 0.29) is 5.56 Å². The Balaban J connectivity index is 2.09. The topological polar surface area (TPSA) is 86.3 Å². The third-order valence-corrected chi connectivity index (χ3v) is 3.48. The molecule has 0 aliphatic carbocycles. The maximum Gasteiger partial charge on any atom is 0.331 e. The number of benzene rings is 1. The molecule has 1 atom stereocenters. The van der Waals surface area contributed by atoms with Crippen LogP contribution in [0, 0.1) is 0 Å². The summed E-state index contributed by atoms with van der Waals surface area (Å²) in [5.41, 5.74) is 1.49. The fourth-order valence-corrected chi connectivity index (χ4v) is 2.59. The van der Waals surface area contributed by atoms with Crippen LogP contribution in [0.2, 0.25) is 0 Å². The van der Waals surface area contributed by atoms with Crippen molar-refractivity contribution >= 4 is 11.8 Å². The second kappa shape index (κ2) is 4.80. The molecule has 6 heteroatoms. The zero-order chi connectivity index (χ0) is 14.1. The van der Waals surface area contributed by atoms with E-state index < -0.39 is 12.0 Å². The Bertz CT molecular complexity index is 711. The molecule has 0 amide bonds. The smallest absolute Gasteiger partial charge is 0.331 e. The minimum atomic E-state index is -0.945. The molecule has 2 aromatic rings. The molecule has 6 nitrogen and oxygen atoms in total. The second-order valence-electron chi connectivity index (χ2n) is 4.65. The van der Waals surface area contributed by atoms with Crippen molar-refractivity contribution < 1.29 is 9.90 Å². The van der Waals surface area contributed by atoms with Crippen LogP contribution < -0.4 is 10.5 Å². The Kier molecular flexibility index (Phi) is 2.98. The van der Waals surface area contributed by atoms with Crippen molar-refractivity contribution in [1.82, 2.24) is 9.97 Å². The molecule has 20 heavy (non-hydrogen) atoms. The van der Waals surface area contributed by atoms with E-state index >= 15 is 0 Å². The van der Waals surface area contributed by atoms with Gasteiger partial charge in [-0.2, -0.15) is 0 Å². The molecule has 0 spiro atoms. The zero-order valence-electron chi connectivity index (χ0n) is 10.6. The van der Waals surface area contributed by atoms with Crippen LogP contribution in [-0.2, 0) is 11.2 Å². The molecule has 0 radical (unpaired) electrons. The van der Waals surface area contributed by atoms with Gasteiger partial charge in [0.2, 0.25) is 0 Å². The van der Waals surface area contributed by atoms with Gasteiger partial charge in [-0.1, -0.05) is 24.3 Å². The first-order valence-electron chi connectivity index (χ1n) is 6.29. The van der Waals surface area contributed by atoms with Gasteiger partial charge in [0.15, 0.2) is 6.04 Å². The first-order valence-corrected chi connectivity index (χ1v) is 6.29. The number of carboxylic acids is 1. The maximum absolute atomic E-state index is 11.6. The van der Waals surface area contributed by atoms with Gasteiger partial charge in [-0.25, -0.2) is 9.78 Å². The summed E-state index contributed by atoms with van der Waals surface area (Å²) in [5, 5.41) is 9.53. The van der Waals surface area contributed by atoms with Gasteiger partial charge in [-0.3, -0.25) is 4.79 Å². The number of H-pyrrole nitrogens is 1. The standard InChI is InChI=1S/C14H13N3O3/c18-12-7-11(15-8-16-12)17-6-5-9-3-1-2-4-10(9)13(17)14(19)20/h1-4,7-8,13H,5-6H2,(H,19,20)(H,15,16,18). The van der Waals surface area contributed by atoms with Crippen LogP contribution in [0.4, 0.5) is 5.82 Å². The van der Waals surface area contributed by atoms with E-state index in [0.29, 0.717) is 12.4 Å². The molecule has 2 heterocycles. The molecule has 1 aliphatic rings. The molecule has 1 unspecified atom stereocenters. The Morgan fingerprint density at radius 3 is 2.95 bits per heavy atom. The number of rotatable bonds is 2. The highest BCUT2D eigenvalue weighted by molar-refractivity contribution is 5.81. The predicted octanol–water partition coefficient (Wildman–Crippen LogP) is 0.958. The quantitative estimate of drug-likeness (QED) is 0.849. The largest absolute Gasteiger partial charge is 0.479 e. The first-order chi connectivity index (χ1) is 9.66. The summed E-state index contributed by atoms with van der Waals surface area (Å²) in [5.74, 6) is -0.560. The van der Waals surface area contributed by atoms with Gasteiger partial charge in [0.1, 0.15) is 5.82 Å². The van der Waals surface area contributed by atoms with E-state index in [1.165, 1.54) is 12.4 Å². The highest BCUT2D eigenvalue weighted by Crippen LogP contribution is 2.32. The van der Waals surface area contributed by atoms with Crippen LogP contribution >= 0.6 is 0 Å². The van der Waals surface area contributed by atoms with Crippen molar-refractivity contribution in [1.29, 1.82) is 0 Å². The normalized spacial score (nSPS) is 17.6. The molecule has 0 saturated heterocycles. The van der Waals surface area contributed by atoms with Crippen LogP contribution in [0.25, 0.3) is 0 Å². The average Bonchev–Trinajstić information content (AvgIpc) is 2.45. The van der Waals surface area contributed by atoms with Crippen molar-refractivity contribution in [2.75, 3.05) is 11.4 Å². The third-order valence-electron chi connectivity index (χ3n) is 3.48. The monoisotopic (exact) mass is 271 g/mol. The van der Waals surface area contributed by atoms with E-state index in [2.05, 4.69) is 9.97 Å². The van der Waals surface area contributed by atoms with E-state index in [9.17, 15) is 14.7 Å². The number of anilines is 1. The van der Waals surface area contributed by atoms with Gasteiger partial charge in [0.05, 0.1) is 6.33 Å². The summed E-state index contributed by atoms with van der Waals surface area (Å²) in [6.45, 7) is 0.518. The van der Waals surface area contributed by atoms with Crippen LogP contribution in [0.1, 0.15) is 17.2 Å². The number of hydrogen-bond donors (Lipinski definition) is 2. The van der Waals surface area contributed by atoms with Gasteiger partial charge in [-0.05, 0) is 17.5 Å². The maximum atomic E-state index is 11.6. The number of aliphatic carboxylic acids is 1. The van der Waals surface area contributed by atoms with Crippen molar-refractivity contribution in [3.05, 3.63) is 58.1 Å². The lowest BCUT2D eigenvalue weighted by molar-refractivity contribution is -0.138. The van der Waals surface area contributed by atoms with E-state index in [1.54, 1.807) is 4.90 Å². The minimum absolute atomic E-state index is 0.294. The van der Waals surface area contributed by atoms with Gasteiger partial charge >= 0.3 is 5.97 Å². The number of hydrogen-bond acceptors (Lipinski definition) is 4. The fourth-order valence-electron chi connectivity index (χ4n) is 2.59. The highest BCUT2D eigenvalue weighted by Gasteiger charge is 2.33. The highest BCUT2D eigenvalue weighted by atomic mass is 16.4. The van der Waals surface area contributed by atoms with Crippen LogP contribution in [0.3, 0.4) is 0 Å². The molecule has 0 saturated carbocycles. The Labute approximate surface area is 114 Å². The SMILES string of the molecule is O=C(O)C1c2ccccc2CCN1c1cc(=O)[nH]cn1. The minimum Gasteiger partial charge on any atom is -0.479 e. The molecule has 102 valence electrons. The molecular weight excluding hydrogens is 258 g/mol. The number of nitrogens with one attached hydrogen (secondary N) is 1. The molecule has 1 aromatic carbocycles. The van der Waals surface area contributed by atoms with Crippen LogP contribution in [0.15, 0.2) is 41.5 Å². The number of aromatic amines is 1. The van der Waals surface area contributed by atoms with Gasteiger partial charge in [-0.15, -0.1) is 0 Å². The number of carbonyl (C=O) groups is 1. The molecule has 1 aromatic heterocycles. The van der Waals surface area contributed by atoms with E-state index in [4.69, 9.17) is 0 Å². The summed E-state index contributed by atoms with van der Waals surface area (Å²) in [7, 11) is 0. The predicted molar refractivity (Wildman–Crippen MR) is 72.7 cm³/mol. The molecular formula is C14H13N3O3. The molecule has 0 bridgehead atoms. The second-order valence-corrected chi connectivity index (χ2v) is 4.65.